The molecule has 0 saturated carbocycles. The summed E-state index contributed by atoms with van der Waals surface area (Å²) in [6.07, 6.45) is 0. The summed E-state index contributed by atoms with van der Waals surface area (Å²) in [6.45, 7) is 0. The molecule has 0 heterocycles. The van der Waals surface area contributed by atoms with Gasteiger partial charge in [0.05, 0.1) is 11.1 Å². The van der Waals surface area contributed by atoms with Gasteiger partial charge in [0.1, 0.15) is 5.82 Å². The molecule has 0 amide bonds. The number of benzene rings is 2. The molecule has 0 aromatic heterocycles. The van der Waals surface area contributed by atoms with Gasteiger partial charge in [-0.25, -0.2) is 17.6 Å². The van der Waals surface area contributed by atoms with Crippen molar-refractivity contribution in [2.24, 2.45) is 5.73 Å². The van der Waals surface area contributed by atoms with E-state index in [9.17, 15) is 17.6 Å². The Morgan fingerprint density at radius 2 is 1.60 bits per heavy atom. The van der Waals surface area contributed by atoms with Crippen LogP contribution in [0.3, 0.4) is 0 Å². The van der Waals surface area contributed by atoms with E-state index in [4.69, 9.17) is 17.3 Å². The van der Waals surface area contributed by atoms with E-state index in [1.165, 1.54) is 6.07 Å². The molecule has 2 aromatic carbocycles. The highest BCUT2D eigenvalue weighted by molar-refractivity contribution is 9.10. The Kier molecular flexibility index (Phi) is 4.36. The van der Waals surface area contributed by atoms with E-state index in [-0.39, 0.29) is 16.1 Å². The average Bonchev–Trinajstić information content (AvgIpc) is 2.40. The molecule has 20 heavy (non-hydrogen) atoms. The van der Waals surface area contributed by atoms with Crippen LogP contribution >= 0.6 is 27.5 Å². The number of nitrogens with two attached hydrogens (primary N) is 1. The van der Waals surface area contributed by atoms with Crippen molar-refractivity contribution >= 4 is 27.5 Å². The summed E-state index contributed by atoms with van der Waals surface area (Å²) in [6, 6.07) is 2.65. The molecule has 0 fully saturated rings. The maximum atomic E-state index is 13.8. The second-order valence-electron chi connectivity index (χ2n) is 4.03. The number of rotatable bonds is 2. The van der Waals surface area contributed by atoms with Crippen LogP contribution < -0.4 is 5.73 Å². The minimum atomic E-state index is -1.65. The maximum absolute atomic E-state index is 13.8. The number of hydrogen-bond acceptors (Lipinski definition) is 1. The lowest BCUT2D eigenvalue weighted by molar-refractivity contribution is 0.437. The third kappa shape index (κ3) is 2.68. The Morgan fingerprint density at radius 1 is 0.950 bits per heavy atom. The van der Waals surface area contributed by atoms with E-state index >= 15 is 0 Å². The Labute approximate surface area is 125 Å². The predicted molar refractivity (Wildman–Crippen MR) is 71.5 cm³/mol. The van der Waals surface area contributed by atoms with Crippen molar-refractivity contribution in [2.45, 2.75) is 6.04 Å². The van der Waals surface area contributed by atoms with Crippen LogP contribution in [0.1, 0.15) is 17.2 Å². The van der Waals surface area contributed by atoms with Crippen molar-refractivity contribution in [1.29, 1.82) is 0 Å². The SMILES string of the molecule is NC(c1cc(Cl)c(Br)cc1F)c1ccc(F)c(F)c1F. The van der Waals surface area contributed by atoms with E-state index in [1.54, 1.807) is 0 Å². The molecule has 0 aliphatic heterocycles. The minimum absolute atomic E-state index is 0.122. The van der Waals surface area contributed by atoms with Crippen molar-refractivity contribution in [3.8, 4) is 0 Å². The molecule has 0 saturated heterocycles. The van der Waals surface area contributed by atoms with Gasteiger partial charge in [-0.15, -0.1) is 0 Å². The highest BCUT2D eigenvalue weighted by Crippen LogP contribution is 2.32. The molecule has 2 aromatic rings. The lowest BCUT2D eigenvalue weighted by Crippen LogP contribution is -2.16. The van der Waals surface area contributed by atoms with E-state index < -0.39 is 29.3 Å². The van der Waals surface area contributed by atoms with E-state index in [2.05, 4.69) is 15.9 Å². The van der Waals surface area contributed by atoms with Crippen molar-refractivity contribution in [2.75, 3.05) is 0 Å². The largest absolute Gasteiger partial charge is 0.320 e. The Balaban J connectivity index is 2.55. The first-order valence-corrected chi connectivity index (χ1v) is 6.53. The van der Waals surface area contributed by atoms with Gasteiger partial charge in [-0.2, -0.15) is 0 Å². The summed E-state index contributed by atoms with van der Waals surface area (Å²) in [5.41, 5.74) is 5.23. The second-order valence-corrected chi connectivity index (χ2v) is 5.29. The highest BCUT2D eigenvalue weighted by atomic mass is 79.9. The maximum Gasteiger partial charge on any atom is 0.194 e. The topological polar surface area (TPSA) is 26.0 Å². The average molecular weight is 369 g/mol. The molecule has 0 aliphatic carbocycles. The van der Waals surface area contributed by atoms with Crippen molar-refractivity contribution < 1.29 is 17.6 Å². The molecule has 0 aliphatic rings. The summed E-state index contributed by atoms with van der Waals surface area (Å²) < 4.78 is 53.8. The third-order valence-electron chi connectivity index (χ3n) is 2.77. The van der Waals surface area contributed by atoms with E-state index in [0.29, 0.717) is 4.47 Å². The van der Waals surface area contributed by atoms with Gasteiger partial charge in [0.15, 0.2) is 17.5 Å². The summed E-state index contributed by atoms with van der Waals surface area (Å²) in [5, 5.41) is 0.167. The first kappa shape index (κ1) is 15.3. The van der Waals surface area contributed by atoms with Crippen LogP contribution in [0.5, 0.6) is 0 Å². The fourth-order valence-electron chi connectivity index (χ4n) is 1.72. The predicted octanol–water partition coefficient (Wildman–Crippen LogP) is 4.71. The lowest BCUT2D eigenvalue weighted by Gasteiger charge is -2.15. The zero-order valence-electron chi connectivity index (χ0n) is 9.73. The monoisotopic (exact) mass is 367 g/mol. The Bertz CT molecular complexity index is 676. The summed E-state index contributed by atoms with van der Waals surface area (Å²) >= 11 is 8.84. The first-order valence-electron chi connectivity index (χ1n) is 5.36. The summed E-state index contributed by atoms with van der Waals surface area (Å²) in [4.78, 5) is 0. The molecule has 0 bridgehead atoms. The van der Waals surface area contributed by atoms with Crippen molar-refractivity contribution in [1.82, 2.24) is 0 Å². The molecule has 106 valence electrons. The molecule has 2 rings (SSSR count). The van der Waals surface area contributed by atoms with Crippen LogP contribution in [0.2, 0.25) is 5.02 Å². The van der Waals surface area contributed by atoms with Gasteiger partial charge in [0.25, 0.3) is 0 Å². The second kappa shape index (κ2) is 5.71. The normalized spacial score (nSPS) is 12.6. The van der Waals surface area contributed by atoms with Crippen LogP contribution in [0, 0.1) is 23.3 Å². The van der Waals surface area contributed by atoms with E-state index in [0.717, 1.165) is 18.2 Å². The molecule has 1 atom stereocenters. The summed E-state index contributed by atoms with van der Waals surface area (Å²) in [7, 11) is 0. The molecule has 7 heteroatoms. The van der Waals surface area contributed by atoms with Gasteiger partial charge in [0.2, 0.25) is 0 Å². The van der Waals surface area contributed by atoms with Gasteiger partial charge in [0, 0.05) is 15.6 Å². The van der Waals surface area contributed by atoms with Crippen molar-refractivity contribution in [3.05, 3.63) is 68.2 Å². The molecular formula is C13H7BrClF4N. The van der Waals surface area contributed by atoms with Crippen LogP contribution in [-0.4, -0.2) is 0 Å². The zero-order chi connectivity index (χ0) is 15.0. The number of halogens is 6. The minimum Gasteiger partial charge on any atom is -0.320 e. The summed E-state index contributed by atoms with van der Waals surface area (Å²) in [5.74, 6) is -5.18. The van der Waals surface area contributed by atoms with E-state index in [1.807, 2.05) is 0 Å². The van der Waals surface area contributed by atoms with Crippen LogP contribution in [-0.2, 0) is 0 Å². The lowest BCUT2D eigenvalue weighted by atomic mass is 9.98. The highest BCUT2D eigenvalue weighted by Gasteiger charge is 2.22. The molecule has 0 spiro atoms. The molecule has 0 radical (unpaired) electrons. The smallest absolute Gasteiger partial charge is 0.194 e. The fourth-order valence-corrected chi connectivity index (χ4v) is 2.21. The number of hydrogen-bond donors (Lipinski definition) is 1. The van der Waals surface area contributed by atoms with Gasteiger partial charge in [-0.3, -0.25) is 0 Å². The van der Waals surface area contributed by atoms with Gasteiger partial charge in [-0.05, 0) is 34.1 Å². The molecule has 1 unspecified atom stereocenters. The van der Waals surface area contributed by atoms with Gasteiger partial charge in [-0.1, -0.05) is 17.7 Å². The Morgan fingerprint density at radius 3 is 2.25 bits per heavy atom. The third-order valence-corrected chi connectivity index (χ3v) is 3.97. The Hall–Kier alpha value is -1.11. The van der Waals surface area contributed by atoms with Crippen LogP contribution in [0.25, 0.3) is 0 Å². The first-order chi connectivity index (χ1) is 9.32. The zero-order valence-corrected chi connectivity index (χ0v) is 12.1. The van der Waals surface area contributed by atoms with Gasteiger partial charge < -0.3 is 5.73 Å². The fraction of sp³-hybridized carbons (Fsp3) is 0.0769. The van der Waals surface area contributed by atoms with Gasteiger partial charge >= 0.3 is 0 Å². The van der Waals surface area contributed by atoms with Crippen molar-refractivity contribution in [3.63, 3.8) is 0 Å². The molecule has 1 nitrogen and oxygen atoms in total. The molecular weight excluding hydrogens is 361 g/mol. The van der Waals surface area contributed by atoms with Crippen LogP contribution in [0.15, 0.2) is 28.7 Å². The standard InChI is InChI=1S/C13H7BrClF4N/c14-7-4-10(17)6(3-8(7)15)13(20)5-1-2-9(16)12(19)11(5)18/h1-4,13H,20H2. The quantitative estimate of drug-likeness (QED) is 0.464. The molecule has 2 N–H and O–H groups in total. The van der Waals surface area contributed by atoms with Crippen LogP contribution in [0.4, 0.5) is 17.6 Å².